The lowest BCUT2D eigenvalue weighted by molar-refractivity contribution is -0.136. The summed E-state index contributed by atoms with van der Waals surface area (Å²) in [6.45, 7) is 4.87. The largest absolute Gasteiger partial charge is 0.497 e. The Morgan fingerprint density at radius 2 is 2.06 bits per heavy atom. The molecule has 1 fully saturated rings. The van der Waals surface area contributed by atoms with Gasteiger partial charge in [0.2, 0.25) is 0 Å². The molecule has 1 aromatic carbocycles. The Hall–Kier alpha value is -2.41. The van der Waals surface area contributed by atoms with Crippen molar-refractivity contribution in [2.45, 2.75) is 64.0 Å². The van der Waals surface area contributed by atoms with Crippen LogP contribution in [0.1, 0.15) is 51.1 Å². The molecule has 1 aromatic rings. The molecule has 6 nitrogen and oxygen atoms in total. The molecule has 0 N–H and O–H groups in total. The molecule has 4 rings (SSSR count). The van der Waals surface area contributed by atoms with Gasteiger partial charge in [-0.25, -0.2) is 4.39 Å². The zero-order chi connectivity index (χ0) is 22.1. The molecule has 2 heterocycles. The number of halogens is 1. The van der Waals surface area contributed by atoms with E-state index in [1.54, 1.807) is 12.0 Å². The van der Waals surface area contributed by atoms with Crippen LogP contribution in [0.3, 0.4) is 0 Å². The van der Waals surface area contributed by atoms with Crippen molar-refractivity contribution in [3.8, 4) is 5.75 Å². The van der Waals surface area contributed by atoms with Crippen molar-refractivity contribution in [1.29, 1.82) is 0 Å². The van der Waals surface area contributed by atoms with Gasteiger partial charge in [-0.1, -0.05) is 12.1 Å². The van der Waals surface area contributed by atoms with Crippen molar-refractivity contribution >= 4 is 11.7 Å². The number of rotatable bonds is 7. The fraction of sp³-hybridized carbons (Fsp3) is 0.583. The molecule has 0 bridgehead atoms. The number of alkyl halides is 1. The summed E-state index contributed by atoms with van der Waals surface area (Å²) >= 11 is 0. The summed E-state index contributed by atoms with van der Waals surface area (Å²) in [7, 11) is 1.58. The SMILES string of the molecule is COc1cccc(C2C3=C(OC4CCC(F)CC4C3=O)C(=O)N2CCCOC(C)C)c1. The zero-order valence-corrected chi connectivity index (χ0v) is 18.3. The lowest BCUT2D eigenvalue weighted by Gasteiger charge is -2.36. The molecule has 7 heteroatoms. The van der Waals surface area contributed by atoms with Gasteiger partial charge in [-0.05, 0) is 57.2 Å². The zero-order valence-electron chi connectivity index (χ0n) is 18.3. The molecule has 0 saturated heterocycles. The first-order valence-electron chi connectivity index (χ1n) is 11.1. The highest BCUT2D eigenvalue weighted by Crippen LogP contribution is 2.47. The van der Waals surface area contributed by atoms with Crippen molar-refractivity contribution < 1.29 is 28.2 Å². The van der Waals surface area contributed by atoms with E-state index < -0.39 is 24.2 Å². The highest BCUT2D eigenvalue weighted by molar-refractivity contribution is 6.11. The second-order valence-corrected chi connectivity index (χ2v) is 8.73. The maximum Gasteiger partial charge on any atom is 0.290 e. The first-order valence-corrected chi connectivity index (χ1v) is 11.1. The second kappa shape index (κ2) is 8.99. The number of carbonyl (C=O) groups excluding carboxylic acids is 2. The van der Waals surface area contributed by atoms with Gasteiger partial charge >= 0.3 is 0 Å². The number of methoxy groups -OCH3 is 1. The minimum absolute atomic E-state index is 0.108. The normalized spacial score (nSPS) is 28.0. The summed E-state index contributed by atoms with van der Waals surface area (Å²) in [5, 5.41) is 0. The number of hydrogen-bond acceptors (Lipinski definition) is 5. The minimum Gasteiger partial charge on any atom is -0.497 e. The number of ether oxygens (including phenoxy) is 3. The number of nitrogens with zero attached hydrogens (tertiary/aromatic N) is 1. The van der Waals surface area contributed by atoms with E-state index in [-0.39, 0.29) is 30.0 Å². The van der Waals surface area contributed by atoms with E-state index in [0.717, 1.165) is 5.56 Å². The average Bonchev–Trinajstić information content (AvgIpc) is 3.04. The van der Waals surface area contributed by atoms with E-state index in [1.807, 2.05) is 38.1 Å². The Kier molecular flexibility index (Phi) is 6.32. The van der Waals surface area contributed by atoms with Gasteiger partial charge in [-0.3, -0.25) is 9.59 Å². The number of hydrogen-bond donors (Lipinski definition) is 0. The average molecular weight is 432 g/mol. The second-order valence-electron chi connectivity index (χ2n) is 8.73. The Morgan fingerprint density at radius 3 is 2.81 bits per heavy atom. The molecule has 3 aliphatic rings. The predicted molar refractivity (Wildman–Crippen MR) is 112 cm³/mol. The van der Waals surface area contributed by atoms with Crippen LogP contribution in [0.2, 0.25) is 0 Å². The molecule has 0 aromatic heterocycles. The summed E-state index contributed by atoms with van der Waals surface area (Å²) in [6.07, 6.45) is 0.288. The number of benzene rings is 1. The van der Waals surface area contributed by atoms with E-state index in [1.165, 1.54) is 0 Å². The first-order chi connectivity index (χ1) is 14.9. The fourth-order valence-corrected chi connectivity index (χ4v) is 4.81. The summed E-state index contributed by atoms with van der Waals surface area (Å²) in [4.78, 5) is 28.5. The van der Waals surface area contributed by atoms with E-state index in [4.69, 9.17) is 14.2 Å². The highest BCUT2D eigenvalue weighted by atomic mass is 19.1. The van der Waals surface area contributed by atoms with E-state index >= 15 is 0 Å². The van der Waals surface area contributed by atoms with Crippen LogP contribution in [0.25, 0.3) is 0 Å². The van der Waals surface area contributed by atoms with Crippen molar-refractivity contribution in [2.75, 3.05) is 20.3 Å². The van der Waals surface area contributed by atoms with Crippen molar-refractivity contribution in [3.05, 3.63) is 41.2 Å². The Balaban J connectivity index is 1.67. The first kappa shape index (κ1) is 21.8. The van der Waals surface area contributed by atoms with Gasteiger partial charge in [0.15, 0.2) is 11.5 Å². The van der Waals surface area contributed by atoms with Gasteiger partial charge in [0.1, 0.15) is 18.0 Å². The number of carbonyl (C=O) groups is 2. The van der Waals surface area contributed by atoms with Crippen molar-refractivity contribution in [2.24, 2.45) is 5.92 Å². The standard InChI is InChI=1S/C24H30FNO5/c1-14(2)30-11-5-10-26-21(15-6-4-7-17(12-15)29-3)20-22(27)18-13-16(25)8-9-19(18)31-23(20)24(26)28/h4,6-7,12,14,16,18-19,21H,5,8-11,13H2,1-3H3. The molecule has 1 amide bonds. The lowest BCUT2D eigenvalue weighted by atomic mass is 9.77. The third-order valence-electron chi connectivity index (χ3n) is 6.28. The molecule has 0 spiro atoms. The summed E-state index contributed by atoms with van der Waals surface area (Å²) < 4.78 is 31.1. The molecule has 168 valence electrons. The smallest absolute Gasteiger partial charge is 0.290 e. The predicted octanol–water partition coefficient (Wildman–Crippen LogP) is 3.75. The van der Waals surface area contributed by atoms with Crippen LogP contribution in [0, 0.1) is 5.92 Å². The van der Waals surface area contributed by atoms with E-state index in [9.17, 15) is 14.0 Å². The third-order valence-corrected chi connectivity index (χ3v) is 6.28. The van der Waals surface area contributed by atoms with E-state index in [2.05, 4.69) is 0 Å². The number of Topliss-reactive ketones (excluding diaryl/α,β-unsaturated/α-hetero) is 1. The summed E-state index contributed by atoms with van der Waals surface area (Å²) in [5.74, 6) is -0.184. The molecule has 4 atom stereocenters. The van der Waals surface area contributed by atoms with E-state index in [0.29, 0.717) is 43.7 Å². The fourth-order valence-electron chi connectivity index (χ4n) is 4.81. The maximum absolute atomic E-state index is 14.1. The molecular weight excluding hydrogens is 401 g/mol. The van der Waals surface area contributed by atoms with Crippen LogP contribution in [0.15, 0.2) is 35.6 Å². The number of ketones is 1. The van der Waals surface area contributed by atoms with Gasteiger partial charge in [0, 0.05) is 13.2 Å². The van der Waals surface area contributed by atoms with Crippen molar-refractivity contribution in [3.63, 3.8) is 0 Å². The van der Waals surface area contributed by atoms with Crippen LogP contribution >= 0.6 is 0 Å². The Bertz CT molecular complexity index is 882. The van der Waals surface area contributed by atoms with Crippen LogP contribution in [-0.2, 0) is 19.1 Å². The van der Waals surface area contributed by atoms with Crippen LogP contribution in [-0.4, -0.2) is 55.2 Å². The Morgan fingerprint density at radius 1 is 1.26 bits per heavy atom. The topological polar surface area (TPSA) is 65.1 Å². The van der Waals surface area contributed by atoms with Crippen LogP contribution < -0.4 is 4.74 Å². The molecule has 1 aliphatic carbocycles. The van der Waals surface area contributed by atoms with Gasteiger partial charge < -0.3 is 19.1 Å². The van der Waals surface area contributed by atoms with Crippen LogP contribution in [0.5, 0.6) is 5.75 Å². The van der Waals surface area contributed by atoms with Gasteiger partial charge in [-0.15, -0.1) is 0 Å². The molecule has 1 saturated carbocycles. The molecule has 4 unspecified atom stereocenters. The van der Waals surface area contributed by atoms with Gasteiger partial charge in [-0.2, -0.15) is 0 Å². The molecule has 31 heavy (non-hydrogen) atoms. The maximum atomic E-state index is 14.1. The third kappa shape index (κ3) is 4.20. The number of amides is 1. The van der Waals surface area contributed by atoms with Crippen molar-refractivity contribution in [1.82, 2.24) is 4.90 Å². The molecular formula is C24H30FNO5. The highest BCUT2D eigenvalue weighted by Gasteiger charge is 2.52. The summed E-state index contributed by atoms with van der Waals surface area (Å²) in [5.41, 5.74) is 1.14. The van der Waals surface area contributed by atoms with Gasteiger partial charge in [0.05, 0.1) is 30.7 Å². The minimum atomic E-state index is -1.01. The van der Waals surface area contributed by atoms with Gasteiger partial charge in [0.25, 0.3) is 5.91 Å². The van der Waals surface area contributed by atoms with Crippen LogP contribution in [0.4, 0.5) is 4.39 Å². The molecule has 2 aliphatic heterocycles. The summed E-state index contributed by atoms with van der Waals surface area (Å²) in [6, 6.07) is 6.81. The quantitative estimate of drug-likeness (QED) is 0.615. The number of fused-ring (bicyclic) bond motifs is 1. The monoisotopic (exact) mass is 431 g/mol. The molecule has 0 radical (unpaired) electrons. The lowest BCUT2D eigenvalue weighted by Crippen LogP contribution is -2.42. The Labute approximate surface area is 182 Å².